The normalized spacial score (nSPS) is 16.0. The van der Waals surface area contributed by atoms with Crippen molar-refractivity contribution < 1.29 is 33.4 Å². The molecule has 0 spiro atoms. The highest BCUT2D eigenvalue weighted by molar-refractivity contribution is 7.09. The Bertz CT molecular complexity index is 1850. The number of nitrogens with one attached hydrogen (secondary N) is 1. The molecule has 0 radical (unpaired) electrons. The van der Waals surface area contributed by atoms with Crippen LogP contribution in [-0.2, 0) is 20.9 Å². The van der Waals surface area contributed by atoms with Gasteiger partial charge in [-0.1, -0.05) is 25.0 Å². The van der Waals surface area contributed by atoms with E-state index in [2.05, 4.69) is 5.32 Å². The van der Waals surface area contributed by atoms with E-state index in [0.717, 1.165) is 29.8 Å². The second-order valence-corrected chi connectivity index (χ2v) is 12.3. The van der Waals surface area contributed by atoms with Crippen LogP contribution in [0.15, 0.2) is 72.1 Å². The number of thiazole rings is 1. The molecule has 1 saturated carbocycles. The molecule has 46 heavy (non-hydrogen) atoms. The Labute approximate surface area is 268 Å². The number of Topliss-reactive ketones (excluding diaryl/α,β-unsaturated/α-hetero) is 1. The minimum Gasteiger partial charge on any atom is -0.497 e. The number of rotatable bonds is 9. The number of benzene rings is 3. The van der Waals surface area contributed by atoms with Crippen LogP contribution in [0, 0.1) is 0 Å². The summed E-state index contributed by atoms with van der Waals surface area (Å²) >= 11 is 1.39. The van der Waals surface area contributed by atoms with Crippen molar-refractivity contribution in [3.8, 4) is 28.5 Å². The van der Waals surface area contributed by atoms with Crippen LogP contribution in [0.3, 0.4) is 0 Å². The Morgan fingerprint density at radius 2 is 1.78 bits per heavy atom. The van der Waals surface area contributed by atoms with E-state index in [0.29, 0.717) is 40.7 Å². The van der Waals surface area contributed by atoms with Crippen LogP contribution < -0.4 is 24.4 Å². The number of para-hydroxylation sites is 1. The number of hydrogen-bond acceptors (Lipinski definition) is 9. The van der Waals surface area contributed by atoms with Crippen LogP contribution in [-0.4, -0.2) is 59.4 Å². The van der Waals surface area contributed by atoms with Gasteiger partial charge in [0.2, 0.25) is 18.6 Å². The molecule has 0 unspecified atom stereocenters. The lowest BCUT2D eigenvalue weighted by Crippen LogP contribution is -2.59. The van der Waals surface area contributed by atoms with Crippen molar-refractivity contribution in [1.82, 2.24) is 9.88 Å². The first-order valence-corrected chi connectivity index (χ1v) is 15.8. The second kappa shape index (κ2) is 11.9. The number of ketones is 1. The number of aromatic nitrogens is 1. The lowest BCUT2D eigenvalue weighted by Gasteiger charge is -2.40. The lowest BCUT2D eigenvalue weighted by atomic mass is 9.92. The van der Waals surface area contributed by atoms with Gasteiger partial charge in [-0.25, -0.2) is 4.98 Å². The fraction of sp³-hybridized carbons (Fsp3) is 0.265. The van der Waals surface area contributed by atoms with E-state index < -0.39 is 29.7 Å². The van der Waals surface area contributed by atoms with E-state index in [1.54, 1.807) is 54.5 Å². The molecule has 0 saturated heterocycles. The van der Waals surface area contributed by atoms with Crippen LogP contribution in [0.1, 0.15) is 41.0 Å². The summed E-state index contributed by atoms with van der Waals surface area (Å²) in [7, 11) is 1.60. The Morgan fingerprint density at radius 1 is 1.02 bits per heavy atom. The number of hydrogen-bond donors (Lipinski definition) is 1. The maximum Gasteiger partial charge on any atom is 0.299 e. The first kappa shape index (κ1) is 29.5. The summed E-state index contributed by atoms with van der Waals surface area (Å²) in [6.07, 6.45) is 2.32. The molecule has 1 fully saturated rings. The average Bonchev–Trinajstić information content (AvgIpc) is 3.89. The molecule has 1 N–H and O–H groups in total. The fourth-order valence-electron chi connectivity index (χ4n) is 6.32. The van der Waals surface area contributed by atoms with Crippen molar-refractivity contribution in [2.24, 2.45) is 0 Å². The third kappa shape index (κ3) is 5.24. The van der Waals surface area contributed by atoms with Crippen LogP contribution >= 0.6 is 11.3 Å². The zero-order valence-corrected chi connectivity index (χ0v) is 25.8. The summed E-state index contributed by atoms with van der Waals surface area (Å²) in [4.78, 5) is 62.0. The number of ether oxygens (including phenoxy) is 3. The van der Waals surface area contributed by atoms with Crippen LogP contribution in [0.25, 0.3) is 11.3 Å². The van der Waals surface area contributed by atoms with Crippen molar-refractivity contribution in [3.05, 3.63) is 82.7 Å². The number of amides is 3. The molecule has 234 valence electrons. The van der Waals surface area contributed by atoms with E-state index in [4.69, 9.17) is 19.2 Å². The molecule has 12 heteroatoms. The molecule has 3 heterocycles. The predicted octanol–water partition coefficient (Wildman–Crippen LogP) is 5.06. The molecule has 2 aliphatic heterocycles. The molecule has 0 bridgehead atoms. The van der Waals surface area contributed by atoms with E-state index in [-0.39, 0.29) is 24.8 Å². The molecule has 1 aliphatic carbocycles. The van der Waals surface area contributed by atoms with Crippen molar-refractivity contribution in [1.29, 1.82) is 0 Å². The maximum absolute atomic E-state index is 14.4. The molecular weight excluding hydrogens is 608 g/mol. The smallest absolute Gasteiger partial charge is 0.299 e. The van der Waals surface area contributed by atoms with E-state index in [1.165, 1.54) is 16.2 Å². The van der Waals surface area contributed by atoms with Crippen LogP contribution in [0.4, 0.5) is 11.4 Å². The molecule has 3 amide bonds. The van der Waals surface area contributed by atoms with Gasteiger partial charge in [0.15, 0.2) is 11.5 Å². The second-order valence-electron chi connectivity index (χ2n) is 11.3. The van der Waals surface area contributed by atoms with Gasteiger partial charge in [-0.15, -0.1) is 11.3 Å². The van der Waals surface area contributed by atoms with Gasteiger partial charge in [0.25, 0.3) is 11.7 Å². The zero-order valence-electron chi connectivity index (χ0n) is 25.0. The number of anilines is 2. The molecular formula is C34H30N4O7S. The van der Waals surface area contributed by atoms with Gasteiger partial charge in [-0.3, -0.25) is 24.1 Å². The SMILES string of the molecule is COc1ccc(-c2csc(CN(C(=O)CN3C(=O)C(=O)c4ccccc43)C3(C(=O)Nc4ccc5c(c4)OCO5)CCCC3)n2)cc1. The summed E-state index contributed by atoms with van der Waals surface area (Å²) in [5.74, 6) is -0.381. The molecule has 11 nitrogen and oxygen atoms in total. The number of fused-ring (bicyclic) bond motifs is 2. The van der Waals surface area contributed by atoms with E-state index in [1.807, 2.05) is 29.6 Å². The fourth-order valence-corrected chi connectivity index (χ4v) is 7.11. The van der Waals surface area contributed by atoms with Crippen molar-refractivity contribution >= 4 is 46.2 Å². The van der Waals surface area contributed by atoms with Crippen LogP contribution in [0.2, 0.25) is 0 Å². The molecule has 1 aromatic heterocycles. The molecule has 0 atom stereocenters. The quantitative estimate of drug-likeness (QED) is 0.252. The Balaban J connectivity index is 1.22. The number of carbonyl (C=O) groups is 4. The summed E-state index contributed by atoms with van der Waals surface area (Å²) in [5, 5.41) is 5.55. The van der Waals surface area contributed by atoms with Gasteiger partial charge in [-0.05, 0) is 61.4 Å². The highest BCUT2D eigenvalue weighted by atomic mass is 32.1. The number of carbonyl (C=O) groups excluding carboxylic acids is 4. The standard InChI is InChI=1S/C34H30N4O7S/c1-43-23-11-8-21(9-12-23)25-19-46-29(36-25)17-38(30(39)18-37-26-7-3-2-6-24(26)31(40)32(37)41)34(14-4-5-15-34)33(42)35-22-10-13-27-28(16-22)45-20-44-27/h2-3,6-13,16,19H,4-5,14-15,17-18,20H2,1H3,(H,35,42). The summed E-state index contributed by atoms with van der Waals surface area (Å²) < 4.78 is 16.2. The van der Waals surface area contributed by atoms with Crippen LogP contribution in [0.5, 0.6) is 17.2 Å². The van der Waals surface area contributed by atoms with E-state index >= 15 is 0 Å². The van der Waals surface area contributed by atoms with Gasteiger partial charge in [0.1, 0.15) is 22.8 Å². The first-order valence-electron chi connectivity index (χ1n) is 14.9. The molecule has 7 rings (SSSR count). The Hall–Kier alpha value is -5.23. The van der Waals surface area contributed by atoms with Crippen molar-refractivity contribution in [2.45, 2.75) is 37.8 Å². The zero-order chi connectivity index (χ0) is 31.8. The summed E-state index contributed by atoms with van der Waals surface area (Å²) in [6, 6.07) is 19.3. The van der Waals surface area contributed by atoms with Crippen molar-refractivity contribution in [3.63, 3.8) is 0 Å². The summed E-state index contributed by atoms with van der Waals surface area (Å²) in [6.45, 7) is -0.241. The minimum atomic E-state index is -1.22. The highest BCUT2D eigenvalue weighted by Crippen LogP contribution is 2.40. The topological polar surface area (TPSA) is 127 Å². The van der Waals surface area contributed by atoms with E-state index in [9.17, 15) is 19.2 Å². The third-order valence-corrected chi connectivity index (χ3v) is 9.54. The van der Waals surface area contributed by atoms with Gasteiger partial charge in [0, 0.05) is 22.7 Å². The first-order chi connectivity index (χ1) is 22.4. The Morgan fingerprint density at radius 3 is 2.57 bits per heavy atom. The minimum absolute atomic E-state index is 0.0475. The van der Waals surface area contributed by atoms with Gasteiger partial charge in [-0.2, -0.15) is 0 Å². The number of methoxy groups -OCH3 is 1. The predicted molar refractivity (Wildman–Crippen MR) is 170 cm³/mol. The summed E-state index contributed by atoms with van der Waals surface area (Å²) in [5.41, 5.74) is 1.55. The molecule has 4 aromatic rings. The maximum atomic E-state index is 14.4. The molecule has 3 aliphatic rings. The van der Waals surface area contributed by atoms with Gasteiger partial charge >= 0.3 is 0 Å². The lowest BCUT2D eigenvalue weighted by molar-refractivity contribution is -0.145. The highest BCUT2D eigenvalue weighted by Gasteiger charge is 2.50. The van der Waals surface area contributed by atoms with Gasteiger partial charge < -0.3 is 24.4 Å². The molecule has 3 aromatic carbocycles. The largest absolute Gasteiger partial charge is 0.497 e. The Kier molecular flexibility index (Phi) is 7.65. The van der Waals surface area contributed by atoms with Gasteiger partial charge in [0.05, 0.1) is 30.6 Å². The van der Waals surface area contributed by atoms with Crippen molar-refractivity contribution in [2.75, 3.05) is 30.7 Å². The third-order valence-electron chi connectivity index (χ3n) is 8.70. The number of nitrogens with zero attached hydrogens (tertiary/aromatic N) is 3. The average molecular weight is 639 g/mol. The monoisotopic (exact) mass is 638 g/mol.